The number of aliphatic hydroxyl groups is 4. The Morgan fingerprint density at radius 1 is 1.03 bits per heavy atom. The van der Waals surface area contributed by atoms with E-state index in [9.17, 15) is 40.2 Å². The minimum Gasteiger partial charge on any atom is -0.508 e. The topological polar surface area (TPSA) is 196 Å². The molecular weight excluding hydrogens is 480 g/mol. The molecule has 1 aromatic heterocycles. The summed E-state index contributed by atoms with van der Waals surface area (Å²) in [7, 11) is 0. The minimum atomic E-state index is -1.71. The van der Waals surface area contributed by atoms with Crippen molar-refractivity contribution in [2.45, 2.75) is 43.7 Å². The molecule has 0 aliphatic carbocycles. The molecule has 1 aliphatic heterocycles. The van der Waals surface area contributed by atoms with Gasteiger partial charge in [0.1, 0.15) is 58.4 Å². The molecule has 6 N–H and O–H groups in total. The second-order valence-electron chi connectivity index (χ2n) is 8.23. The van der Waals surface area contributed by atoms with E-state index in [1.54, 1.807) is 0 Å². The molecule has 0 spiro atoms. The van der Waals surface area contributed by atoms with Crippen LogP contribution in [0.4, 0.5) is 0 Å². The molecule has 6 atom stereocenters. The van der Waals surface area contributed by atoms with Crippen molar-refractivity contribution in [3.8, 4) is 28.6 Å². The first kappa shape index (κ1) is 25.6. The normalized spacial score (nSPS) is 25.0. The van der Waals surface area contributed by atoms with Gasteiger partial charge in [0.05, 0.1) is 6.61 Å². The number of carbonyl (C=O) groups excluding carboxylic acids is 1. The van der Waals surface area contributed by atoms with Crippen LogP contribution >= 0.6 is 0 Å². The van der Waals surface area contributed by atoms with Gasteiger partial charge in [0, 0.05) is 23.8 Å². The maximum atomic E-state index is 12.6. The van der Waals surface area contributed by atoms with Gasteiger partial charge in [-0.05, 0) is 31.2 Å². The Bertz CT molecular complexity index is 1300. The molecule has 1 aliphatic rings. The number of rotatable bonds is 6. The molecule has 192 valence electrons. The van der Waals surface area contributed by atoms with Crippen LogP contribution in [0.3, 0.4) is 0 Å². The van der Waals surface area contributed by atoms with Crippen LogP contribution in [-0.2, 0) is 14.3 Å². The molecule has 0 bridgehead atoms. The summed E-state index contributed by atoms with van der Waals surface area (Å²) < 4.78 is 21.5. The van der Waals surface area contributed by atoms with E-state index in [1.165, 1.54) is 43.3 Å². The van der Waals surface area contributed by atoms with Crippen molar-refractivity contribution in [1.29, 1.82) is 0 Å². The standard InChI is InChI=1S/C24H24O12/c1-10(33-24-22(31)21(30)20(29)18(9-25)36-24)23(32)34-13-6-14(27)19-15(28)8-16(35-17(19)7-13)11-2-4-12(26)5-3-11/h2-8,10,18,20-22,24-27,29-31H,9H2,1H3/t10-,18-,20-,21+,22-,24-/m1/s1. The summed E-state index contributed by atoms with van der Waals surface area (Å²) in [4.78, 5) is 25.1. The lowest BCUT2D eigenvalue weighted by Crippen LogP contribution is -2.60. The van der Waals surface area contributed by atoms with Gasteiger partial charge < -0.3 is 49.3 Å². The fraction of sp³-hybridized carbons (Fsp3) is 0.333. The first-order valence-corrected chi connectivity index (χ1v) is 10.9. The van der Waals surface area contributed by atoms with E-state index in [4.69, 9.17) is 18.6 Å². The molecule has 0 radical (unpaired) electrons. The van der Waals surface area contributed by atoms with E-state index in [2.05, 4.69) is 0 Å². The van der Waals surface area contributed by atoms with Gasteiger partial charge in [0.15, 0.2) is 17.8 Å². The van der Waals surface area contributed by atoms with E-state index in [-0.39, 0.29) is 28.2 Å². The lowest BCUT2D eigenvalue weighted by molar-refractivity contribution is -0.308. The summed E-state index contributed by atoms with van der Waals surface area (Å²) in [5, 5.41) is 58.7. The lowest BCUT2D eigenvalue weighted by Gasteiger charge is -2.40. The highest BCUT2D eigenvalue weighted by atomic mass is 16.7. The van der Waals surface area contributed by atoms with Gasteiger partial charge in [0.2, 0.25) is 0 Å². The van der Waals surface area contributed by atoms with Crippen LogP contribution < -0.4 is 10.2 Å². The molecule has 36 heavy (non-hydrogen) atoms. The number of phenolic OH excluding ortho intramolecular Hbond substituents is 2. The number of hydrogen-bond acceptors (Lipinski definition) is 12. The number of esters is 1. The van der Waals surface area contributed by atoms with Gasteiger partial charge in [-0.15, -0.1) is 0 Å². The maximum absolute atomic E-state index is 12.6. The Kier molecular flexibility index (Phi) is 7.26. The highest BCUT2D eigenvalue weighted by molar-refractivity contribution is 5.87. The summed E-state index contributed by atoms with van der Waals surface area (Å²) in [5.41, 5.74) is -0.139. The predicted molar refractivity (Wildman–Crippen MR) is 121 cm³/mol. The molecule has 3 aromatic rings. The number of fused-ring (bicyclic) bond motifs is 1. The van der Waals surface area contributed by atoms with Gasteiger partial charge in [-0.1, -0.05) is 0 Å². The molecule has 2 aromatic carbocycles. The van der Waals surface area contributed by atoms with Crippen molar-refractivity contribution in [3.05, 3.63) is 52.7 Å². The quantitative estimate of drug-likeness (QED) is 0.194. The van der Waals surface area contributed by atoms with E-state index >= 15 is 0 Å². The molecule has 0 saturated carbocycles. The zero-order valence-corrected chi connectivity index (χ0v) is 18.8. The van der Waals surface area contributed by atoms with E-state index in [0.29, 0.717) is 5.56 Å². The number of phenols is 2. The molecule has 12 heteroatoms. The third kappa shape index (κ3) is 5.04. The van der Waals surface area contributed by atoms with Crippen molar-refractivity contribution >= 4 is 16.9 Å². The third-order valence-electron chi connectivity index (χ3n) is 5.67. The molecule has 1 saturated heterocycles. The van der Waals surface area contributed by atoms with Crippen LogP contribution in [0.15, 0.2) is 51.7 Å². The first-order chi connectivity index (χ1) is 17.1. The second kappa shape index (κ2) is 10.2. The molecule has 1 fully saturated rings. The van der Waals surface area contributed by atoms with Gasteiger partial charge >= 0.3 is 5.97 Å². The molecule has 2 heterocycles. The molecule has 0 unspecified atom stereocenters. The van der Waals surface area contributed by atoms with Crippen molar-refractivity contribution < 1.29 is 54.1 Å². The number of carbonyl (C=O) groups is 1. The van der Waals surface area contributed by atoms with Crippen LogP contribution in [-0.4, -0.2) is 80.0 Å². The van der Waals surface area contributed by atoms with E-state index < -0.39 is 60.6 Å². The van der Waals surface area contributed by atoms with Gasteiger partial charge in [0.25, 0.3) is 0 Å². The fourth-order valence-electron chi connectivity index (χ4n) is 3.71. The minimum absolute atomic E-state index is 0.0220. The van der Waals surface area contributed by atoms with E-state index in [1.807, 2.05) is 0 Å². The number of aromatic hydroxyl groups is 2. The molecule has 4 rings (SSSR count). The third-order valence-corrected chi connectivity index (χ3v) is 5.67. The largest absolute Gasteiger partial charge is 0.508 e. The Balaban J connectivity index is 1.54. The average molecular weight is 504 g/mol. The van der Waals surface area contributed by atoms with Crippen molar-refractivity contribution in [1.82, 2.24) is 0 Å². The highest BCUT2D eigenvalue weighted by Gasteiger charge is 2.45. The first-order valence-electron chi connectivity index (χ1n) is 10.9. The number of aliphatic hydroxyl groups excluding tert-OH is 4. The Morgan fingerprint density at radius 2 is 1.72 bits per heavy atom. The van der Waals surface area contributed by atoms with Crippen LogP contribution in [0.2, 0.25) is 0 Å². The van der Waals surface area contributed by atoms with Crippen molar-refractivity contribution in [3.63, 3.8) is 0 Å². The Hall–Kier alpha value is -3.52. The summed E-state index contributed by atoms with van der Waals surface area (Å²) in [6, 6.07) is 9.31. The van der Waals surface area contributed by atoms with Crippen LogP contribution in [0, 0.1) is 0 Å². The number of ether oxygens (including phenoxy) is 3. The number of benzene rings is 2. The molecule has 0 amide bonds. The summed E-state index contributed by atoms with van der Waals surface area (Å²) in [6.07, 6.45) is -9.13. The Labute approximate surface area is 203 Å². The molecule has 12 nitrogen and oxygen atoms in total. The predicted octanol–water partition coefficient (Wildman–Crippen LogP) is -0.0184. The van der Waals surface area contributed by atoms with Crippen LogP contribution in [0.5, 0.6) is 17.2 Å². The smallest absolute Gasteiger partial charge is 0.340 e. The number of hydrogen-bond donors (Lipinski definition) is 6. The van der Waals surface area contributed by atoms with Gasteiger partial charge in [-0.2, -0.15) is 0 Å². The van der Waals surface area contributed by atoms with Crippen molar-refractivity contribution in [2.24, 2.45) is 0 Å². The summed E-state index contributed by atoms with van der Waals surface area (Å²) >= 11 is 0. The fourth-order valence-corrected chi connectivity index (χ4v) is 3.71. The van der Waals surface area contributed by atoms with Gasteiger partial charge in [-0.25, -0.2) is 4.79 Å². The monoisotopic (exact) mass is 504 g/mol. The maximum Gasteiger partial charge on any atom is 0.340 e. The average Bonchev–Trinajstić information content (AvgIpc) is 2.84. The van der Waals surface area contributed by atoms with Crippen molar-refractivity contribution in [2.75, 3.05) is 6.61 Å². The summed E-state index contributed by atoms with van der Waals surface area (Å²) in [6.45, 7) is 0.602. The Morgan fingerprint density at radius 3 is 2.39 bits per heavy atom. The highest BCUT2D eigenvalue weighted by Crippen LogP contribution is 2.32. The van der Waals surface area contributed by atoms with Gasteiger partial charge in [-0.3, -0.25) is 4.79 Å². The zero-order valence-electron chi connectivity index (χ0n) is 18.8. The summed E-state index contributed by atoms with van der Waals surface area (Å²) in [5.74, 6) is -1.49. The SMILES string of the molecule is C[C@@H](O[C@@H]1O[C@H](CO)[C@@H](O)[C@H](O)[C@H]1O)C(=O)Oc1cc(O)c2c(=O)cc(-c3ccc(O)cc3)oc2c1. The lowest BCUT2D eigenvalue weighted by atomic mass is 9.99. The van der Waals surface area contributed by atoms with Crippen LogP contribution in [0.25, 0.3) is 22.3 Å². The molecular formula is C24H24O12. The van der Waals surface area contributed by atoms with E-state index in [0.717, 1.165) is 6.07 Å². The van der Waals surface area contributed by atoms with Crippen LogP contribution in [0.1, 0.15) is 6.92 Å². The zero-order chi connectivity index (χ0) is 26.1. The second-order valence-corrected chi connectivity index (χ2v) is 8.23.